The minimum Gasteiger partial charge on any atom is -0.382 e. The highest BCUT2D eigenvalue weighted by Crippen LogP contribution is 2.31. The van der Waals surface area contributed by atoms with Gasteiger partial charge in [0.1, 0.15) is 0 Å². The van der Waals surface area contributed by atoms with E-state index >= 15 is 0 Å². The Bertz CT molecular complexity index is 635. The van der Waals surface area contributed by atoms with Gasteiger partial charge < -0.3 is 11.1 Å². The smallest absolute Gasteiger partial charge is 0.161 e. The van der Waals surface area contributed by atoms with Crippen LogP contribution in [0.25, 0.3) is 11.4 Å². The lowest BCUT2D eigenvalue weighted by Gasteiger charge is -2.22. The highest BCUT2D eigenvalue weighted by Gasteiger charge is 2.22. The Morgan fingerprint density at radius 1 is 1.23 bits per heavy atom. The normalized spacial score (nSPS) is 11.5. The number of nitrogens with two attached hydrogens (primary N) is 1. The molecular weight excluding hydrogens is 296 g/mol. The van der Waals surface area contributed by atoms with Crippen molar-refractivity contribution in [3.8, 4) is 11.4 Å². The summed E-state index contributed by atoms with van der Waals surface area (Å²) in [6.07, 6.45) is 2.75. The van der Waals surface area contributed by atoms with Crippen LogP contribution >= 0.6 is 11.6 Å². The second kappa shape index (κ2) is 7.07. The lowest BCUT2D eigenvalue weighted by atomic mass is 9.90. The molecular formula is C17H23ClN4. The fourth-order valence-corrected chi connectivity index (χ4v) is 2.40. The van der Waals surface area contributed by atoms with Gasteiger partial charge in [-0.15, -0.1) is 0 Å². The first-order valence-electron chi connectivity index (χ1n) is 7.50. The van der Waals surface area contributed by atoms with E-state index in [4.69, 9.17) is 22.3 Å². The van der Waals surface area contributed by atoms with Crippen LogP contribution in [0, 0.1) is 0 Å². The summed E-state index contributed by atoms with van der Waals surface area (Å²) in [4.78, 5) is 9.24. The van der Waals surface area contributed by atoms with Gasteiger partial charge in [-0.1, -0.05) is 44.5 Å². The maximum atomic E-state index is 6.26. The van der Waals surface area contributed by atoms with Crippen molar-refractivity contribution in [1.82, 2.24) is 9.97 Å². The third kappa shape index (κ3) is 3.96. The van der Waals surface area contributed by atoms with Crippen molar-refractivity contribution in [2.75, 3.05) is 18.4 Å². The second-order valence-corrected chi connectivity index (χ2v) is 6.66. The van der Waals surface area contributed by atoms with Gasteiger partial charge in [0, 0.05) is 17.5 Å². The minimum absolute atomic E-state index is 0.0933. The van der Waals surface area contributed by atoms with Crippen molar-refractivity contribution >= 4 is 17.3 Å². The fraction of sp³-hybridized carbons (Fsp3) is 0.412. The van der Waals surface area contributed by atoms with E-state index in [-0.39, 0.29) is 5.41 Å². The van der Waals surface area contributed by atoms with E-state index in [1.165, 1.54) is 0 Å². The second-order valence-electron chi connectivity index (χ2n) is 6.25. The summed E-state index contributed by atoms with van der Waals surface area (Å²) >= 11 is 6.26. The van der Waals surface area contributed by atoms with Gasteiger partial charge in [-0.05, 0) is 25.1 Å². The number of halogens is 1. The topological polar surface area (TPSA) is 63.8 Å². The van der Waals surface area contributed by atoms with E-state index in [2.05, 4.69) is 31.1 Å². The van der Waals surface area contributed by atoms with Crippen molar-refractivity contribution in [1.29, 1.82) is 0 Å². The van der Waals surface area contributed by atoms with Gasteiger partial charge in [-0.2, -0.15) is 0 Å². The Labute approximate surface area is 137 Å². The standard InChI is InChI=1S/C17H23ClN4/c1-17(2,3)15-14(20-10-6-9-19)11-21-16(22-15)12-7-4-5-8-13(12)18/h4-5,7-8,11,20H,6,9-10,19H2,1-3H3. The summed E-state index contributed by atoms with van der Waals surface area (Å²) in [6, 6.07) is 7.63. The molecule has 0 amide bonds. The van der Waals surface area contributed by atoms with E-state index in [0.717, 1.165) is 29.9 Å². The molecule has 0 aliphatic carbocycles. The summed E-state index contributed by atoms with van der Waals surface area (Å²) in [7, 11) is 0. The molecule has 0 saturated heterocycles. The number of anilines is 1. The van der Waals surface area contributed by atoms with Gasteiger partial charge in [0.25, 0.3) is 0 Å². The van der Waals surface area contributed by atoms with Crippen molar-refractivity contribution in [3.63, 3.8) is 0 Å². The van der Waals surface area contributed by atoms with Gasteiger partial charge in [0.2, 0.25) is 0 Å². The number of aromatic nitrogens is 2. The van der Waals surface area contributed by atoms with E-state index in [1.54, 1.807) is 0 Å². The van der Waals surface area contributed by atoms with Crippen LogP contribution in [0.1, 0.15) is 32.9 Å². The maximum absolute atomic E-state index is 6.26. The van der Waals surface area contributed by atoms with Crippen molar-refractivity contribution in [3.05, 3.63) is 41.2 Å². The molecule has 0 aliphatic heterocycles. The molecule has 0 bridgehead atoms. The first-order chi connectivity index (χ1) is 10.4. The third-order valence-corrected chi connectivity index (χ3v) is 3.64. The van der Waals surface area contributed by atoms with E-state index < -0.39 is 0 Å². The zero-order chi connectivity index (χ0) is 16.2. The molecule has 2 aromatic rings. The molecule has 0 saturated carbocycles. The molecule has 2 rings (SSSR count). The molecule has 0 spiro atoms. The van der Waals surface area contributed by atoms with Crippen LogP contribution in [0.2, 0.25) is 5.02 Å². The van der Waals surface area contributed by atoms with Crippen LogP contribution in [-0.4, -0.2) is 23.1 Å². The third-order valence-electron chi connectivity index (χ3n) is 3.31. The predicted molar refractivity (Wildman–Crippen MR) is 93.3 cm³/mol. The average molecular weight is 319 g/mol. The monoisotopic (exact) mass is 318 g/mol. The van der Waals surface area contributed by atoms with Crippen molar-refractivity contribution in [2.24, 2.45) is 5.73 Å². The lowest BCUT2D eigenvalue weighted by molar-refractivity contribution is 0.569. The number of hydrogen-bond acceptors (Lipinski definition) is 4. The van der Waals surface area contributed by atoms with Crippen LogP contribution in [0.3, 0.4) is 0 Å². The van der Waals surface area contributed by atoms with Gasteiger partial charge in [-0.25, -0.2) is 9.97 Å². The molecule has 1 heterocycles. The van der Waals surface area contributed by atoms with Gasteiger partial charge in [0.05, 0.1) is 22.6 Å². The largest absolute Gasteiger partial charge is 0.382 e. The van der Waals surface area contributed by atoms with Crippen LogP contribution in [0.5, 0.6) is 0 Å². The van der Waals surface area contributed by atoms with E-state index in [0.29, 0.717) is 17.4 Å². The van der Waals surface area contributed by atoms with Crippen LogP contribution in [0.15, 0.2) is 30.5 Å². The average Bonchev–Trinajstić information content (AvgIpc) is 2.47. The lowest BCUT2D eigenvalue weighted by Crippen LogP contribution is -2.19. The quantitative estimate of drug-likeness (QED) is 0.822. The Balaban J connectivity index is 2.42. The van der Waals surface area contributed by atoms with Crippen molar-refractivity contribution in [2.45, 2.75) is 32.6 Å². The van der Waals surface area contributed by atoms with E-state index in [9.17, 15) is 0 Å². The van der Waals surface area contributed by atoms with E-state index in [1.807, 2.05) is 30.5 Å². The Kier molecular flexibility index (Phi) is 5.37. The van der Waals surface area contributed by atoms with Crippen LogP contribution < -0.4 is 11.1 Å². The molecule has 1 aromatic heterocycles. The summed E-state index contributed by atoms with van der Waals surface area (Å²) in [5, 5.41) is 4.03. The molecule has 0 radical (unpaired) electrons. The molecule has 4 nitrogen and oxygen atoms in total. The van der Waals surface area contributed by atoms with Gasteiger partial charge in [-0.3, -0.25) is 0 Å². The zero-order valence-electron chi connectivity index (χ0n) is 13.4. The molecule has 1 aromatic carbocycles. The highest BCUT2D eigenvalue weighted by molar-refractivity contribution is 6.33. The van der Waals surface area contributed by atoms with Crippen molar-refractivity contribution < 1.29 is 0 Å². The molecule has 0 unspecified atom stereocenters. The highest BCUT2D eigenvalue weighted by atomic mass is 35.5. The minimum atomic E-state index is -0.0933. The number of nitrogens with one attached hydrogen (secondary N) is 1. The molecule has 5 heteroatoms. The number of rotatable bonds is 5. The fourth-order valence-electron chi connectivity index (χ4n) is 2.18. The summed E-state index contributed by atoms with van der Waals surface area (Å²) in [5.41, 5.74) is 8.24. The van der Waals surface area contributed by atoms with Gasteiger partial charge in [0.15, 0.2) is 5.82 Å². The van der Waals surface area contributed by atoms with Crippen LogP contribution in [-0.2, 0) is 5.41 Å². The molecule has 0 aliphatic rings. The number of nitrogens with zero attached hydrogens (tertiary/aromatic N) is 2. The maximum Gasteiger partial charge on any atom is 0.161 e. The molecule has 118 valence electrons. The predicted octanol–water partition coefficient (Wildman–Crippen LogP) is 3.86. The molecule has 0 atom stereocenters. The summed E-state index contributed by atoms with van der Waals surface area (Å²) in [5.74, 6) is 0.653. The molecule has 3 N–H and O–H groups in total. The SMILES string of the molecule is CC(C)(C)c1nc(-c2ccccc2Cl)ncc1NCCCN. The number of hydrogen-bond donors (Lipinski definition) is 2. The summed E-state index contributed by atoms with van der Waals surface area (Å²) < 4.78 is 0. The number of benzene rings is 1. The Morgan fingerprint density at radius 2 is 1.95 bits per heavy atom. The van der Waals surface area contributed by atoms with Crippen LogP contribution in [0.4, 0.5) is 5.69 Å². The van der Waals surface area contributed by atoms with Gasteiger partial charge >= 0.3 is 0 Å². The first kappa shape index (κ1) is 16.7. The summed E-state index contributed by atoms with van der Waals surface area (Å²) in [6.45, 7) is 7.89. The Hall–Kier alpha value is -1.65. The Morgan fingerprint density at radius 3 is 2.59 bits per heavy atom. The molecule has 0 fully saturated rings. The first-order valence-corrected chi connectivity index (χ1v) is 7.87. The molecule has 22 heavy (non-hydrogen) atoms. The zero-order valence-corrected chi connectivity index (χ0v) is 14.1.